The molecule has 1 fully saturated rings. The third-order valence-corrected chi connectivity index (χ3v) is 6.11. The van der Waals surface area contributed by atoms with Crippen molar-refractivity contribution in [1.82, 2.24) is 19.5 Å². The van der Waals surface area contributed by atoms with Crippen molar-refractivity contribution >= 4 is 27.8 Å². The molecule has 0 radical (unpaired) electrons. The number of nitriles is 1. The molecule has 0 aliphatic carbocycles. The van der Waals surface area contributed by atoms with E-state index in [0.717, 1.165) is 65.9 Å². The summed E-state index contributed by atoms with van der Waals surface area (Å²) in [7, 11) is 1.76. The van der Waals surface area contributed by atoms with Gasteiger partial charge < -0.3 is 20.0 Å². The molecule has 8 nitrogen and oxygen atoms in total. The maximum atomic E-state index is 9.33. The van der Waals surface area contributed by atoms with Crippen molar-refractivity contribution in [3.05, 3.63) is 77.7 Å². The molecule has 8 heteroatoms. The van der Waals surface area contributed by atoms with E-state index in [0.29, 0.717) is 17.3 Å². The SMILES string of the molecule is C/C(N)=C(\c1cnc2c3ccc(C#N)nc3n(CC3CCOCC3)c2c1)N(C)N.c1ccccc1. The van der Waals surface area contributed by atoms with Crippen molar-refractivity contribution in [2.75, 3.05) is 20.3 Å². The van der Waals surface area contributed by atoms with Gasteiger partial charge in [0.2, 0.25) is 0 Å². The summed E-state index contributed by atoms with van der Waals surface area (Å²) >= 11 is 0. The maximum Gasteiger partial charge on any atom is 0.144 e. The van der Waals surface area contributed by atoms with E-state index in [1.165, 1.54) is 5.01 Å². The number of nitrogens with zero attached hydrogens (tertiary/aromatic N) is 5. The number of hydrogen-bond donors (Lipinski definition) is 2. The fraction of sp³-hybridized carbons (Fsp3) is 0.296. The number of aromatic nitrogens is 3. The standard InChI is InChI=1S/C21H25N7O.C6H6/c1-13(23)20(27(2)24)15-9-18-19(25-11-15)17-4-3-16(10-22)26-21(17)28(18)12-14-5-7-29-8-6-14;1-2-4-6-5-3-1/h3-4,9,11,14H,5-8,12,23-24H2,1-2H3;1-6H/b20-13-;. The van der Waals surface area contributed by atoms with Crippen molar-refractivity contribution in [3.63, 3.8) is 0 Å². The van der Waals surface area contributed by atoms with Crippen LogP contribution in [0, 0.1) is 17.2 Å². The van der Waals surface area contributed by atoms with Crippen LogP contribution in [0.25, 0.3) is 27.8 Å². The minimum absolute atomic E-state index is 0.397. The van der Waals surface area contributed by atoms with Crippen LogP contribution < -0.4 is 11.6 Å². The summed E-state index contributed by atoms with van der Waals surface area (Å²) in [5.74, 6) is 6.50. The number of rotatable bonds is 4. The molecule has 1 aliphatic rings. The topological polar surface area (TPSA) is 119 Å². The van der Waals surface area contributed by atoms with E-state index >= 15 is 0 Å². The summed E-state index contributed by atoms with van der Waals surface area (Å²) in [6, 6.07) is 19.9. The van der Waals surface area contributed by atoms with Gasteiger partial charge in [-0.25, -0.2) is 10.8 Å². The molecule has 4 aromatic rings. The molecule has 0 saturated carbocycles. The second-order valence-electron chi connectivity index (χ2n) is 8.73. The van der Waals surface area contributed by atoms with Crippen LogP contribution >= 0.6 is 0 Å². The van der Waals surface area contributed by atoms with Crippen LogP contribution in [0.3, 0.4) is 0 Å². The molecule has 0 amide bonds. The van der Waals surface area contributed by atoms with Crippen LogP contribution in [-0.4, -0.2) is 39.8 Å². The van der Waals surface area contributed by atoms with Gasteiger partial charge in [-0.3, -0.25) is 4.98 Å². The van der Waals surface area contributed by atoms with Gasteiger partial charge in [0.15, 0.2) is 0 Å². The molecule has 4 N–H and O–H groups in total. The van der Waals surface area contributed by atoms with E-state index in [-0.39, 0.29) is 0 Å². The highest BCUT2D eigenvalue weighted by Crippen LogP contribution is 2.31. The lowest BCUT2D eigenvalue weighted by Crippen LogP contribution is -2.26. The third-order valence-electron chi connectivity index (χ3n) is 6.11. The molecule has 0 spiro atoms. The van der Waals surface area contributed by atoms with Gasteiger partial charge in [0.25, 0.3) is 0 Å². The Morgan fingerprint density at radius 3 is 2.40 bits per heavy atom. The molecule has 0 atom stereocenters. The van der Waals surface area contributed by atoms with Crippen LogP contribution in [0.2, 0.25) is 0 Å². The van der Waals surface area contributed by atoms with Gasteiger partial charge in [0.05, 0.1) is 16.7 Å². The van der Waals surface area contributed by atoms with E-state index in [2.05, 4.69) is 21.7 Å². The number of benzene rings is 1. The number of fused-ring (bicyclic) bond motifs is 3. The lowest BCUT2D eigenvalue weighted by Gasteiger charge is -2.23. The monoisotopic (exact) mass is 469 g/mol. The molecular formula is C27H31N7O. The van der Waals surface area contributed by atoms with Gasteiger partial charge in [0.1, 0.15) is 17.4 Å². The summed E-state index contributed by atoms with van der Waals surface area (Å²) in [6.45, 7) is 4.18. The number of allylic oxidation sites excluding steroid dienone is 1. The predicted octanol–water partition coefficient (Wildman–Crippen LogP) is 4.02. The van der Waals surface area contributed by atoms with Crippen LogP contribution in [0.15, 0.2) is 66.5 Å². The summed E-state index contributed by atoms with van der Waals surface area (Å²) in [6.07, 6.45) is 3.80. The van der Waals surface area contributed by atoms with E-state index in [9.17, 15) is 5.26 Å². The van der Waals surface area contributed by atoms with Crippen LogP contribution in [0.1, 0.15) is 31.0 Å². The van der Waals surface area contributed by atoms with E-state index in [1.807, 2.05) is 49.4 Å². The maximum absolute atomic E-state index is 9.33. The molecule has 1 aliphatic heterocycles. The summed E-state index contributed by atoms with van der Waals surface area (Å²) < 4.78 is 7.69. The number of hydrogen-bond acceptors (Lipinski definition) is 7. The lowest BCUT2D eigenvalue weighted by atomic mass is 10.0. The Kier molecular flexibility index (Phi) is 7.60. The number of hydrazine groups is 1. The van der Waals surface area contributed by atoms with E-state index in [4.69, 9.17) is 21.3 Å². The number of pyridine rings is 2. The summed E-state index contributed by atoms with van der Waals surface area (Å²) in [5, 5.41) is 11.8. The zero-order chi connectivity index (χ0) is 24.8. The van der Waals surface area contributed by atoms with E-state index in [1.54, 1.807) is 19.3 Å². The summed E-state index contributed by atoms with van der Waals surface area (Å²) in [4.78, 5) is 9.32. The largest absolute Gasteiger partial charge is 0.401 e. The van der Waals surface area contributed by atoms with Crippen molar-refractivity contribution in [1.29, 1.82) is 5.26 Å². The minimum Gasteiger partial charge on any atom is -0.401 e. The van der Waals surface area contributed by atoms with Crippen molar-refractivity contribution in [2.45, 2.75) is 26.3 Å². The van der Waals surface area contributed by atoms with Gasteiger partial charge >= 0.3 is 0 Å². The minimum atomic E-state index is 0.397. The van der Waals surface area contributed by atoms with Gasteiger partial charge in [-0.15, -0.1) is 0 Å². The fourth-order valence-corrected chi connectivity index (χ4v) is 4.48. The Balaban J connectivity index is 0.000000421. The number of nitrogens with two attached hydrogens (primary N) is 2. The molecular weight excluding hydrogens is 438 g/mol. The van der Waals surface area contributed by atoms with E-state index < -0.39 is 0 Å². The molecule has 1 saturated heterocycles. The Labute approximate surface area is 205 Å². The van der Waals surface area contributed by atoms with Crippen LogP contribution in [0.5, 0.6) is 0 Å². The molecule has 4 heterocycles. The molecule has 180 valence electrons. The van der Waals surface area contributed by atoms with Crippen molar-refractivity contribution < 1.29 is 4.74 Å². The van der Waals surface area contributed by atoms with Crippen LogP contribution in [0.4, 0.5) is 0 Å². The first kappa shape index (κ1) is 24.2. The highest BCUT2D eigenvalue weighted by molar-refractivity contribution is 6.04. The highest BCUT2D eigenvalue weighted by Gasteiger charge is 2.21. The zero-order valence-electron chi connectivity index (χ0n) is 20.2. The normalized spacial score (nSPS) is 14.7. The van der Waals surface area contributed by atoms with Gasteiger partial charge in [0, 0.05) is 49.6 Å². The average molecular weight is 470 g/mol. The number of ether oxygens (including phenoxy) is 1. The Morgan fingerprint density at radius 2 is 1.83 bits per heavy atom. The lowest BCUT2D eigenvalue weighted by molar-refractivity contribution is 0.0619. The van der Waals surface area contributed by atoms with Gasteiger partial charge in [-0.1, -0.05) is 36.4 Å². The molecule has 35 heavy (non-hydrogen) atoms. The van der Waals surface area contributed by atoms with Crippen molar-refractivity contribution in [2.24, 2.45) is 17.5 Å². The second-order valence-corrected chi connectivity index (χ2v) is 8.73. The first-order chi connectivity index (χ1) is 17.0. The van der Waals surface area contributed by atoms with Gasteiger partial charge in [-0.05, 0) is 43.9 Å². The molecule has 1 aromatic carbocycles. The Bertz CT molecular complexity index is 1330. The van der Waals surface area contributed by atoms with Crippen LogP contribution in [-0.2, 0) is 11.3 Å². The first-order valence-electron chi connectivity index (χ1n) is 11.7. The smallest absolute Gasteiger partial charge is 0.144 e. The van der Waals surface area contributed by atoms with Gasteiger partial charge in [-0.2, -0.15) is 5.26 Å². The average Bonchev–Trinajstić information content (AvgIpc) is 3.17. The summed E-state index contributed by atoms with van der Waals surface area (Å²) in [5.41, 5.74) is 11.3. The highest BCUT2D eigenvalue weighted by atomic mass is 16.5. The quantitative estimate of drug-likeness (QED) is 0.342. The van der Waals surface area contributed by atoms with Crippen molar-refractivity contribution in [3.8, 4) is 6.07 Å². The second kappa shape index (κ2) is 11.0. The Hall–Kier alpha value is -3.93. The zero-order valence-corrected chi connectivity index (χ0v) is 20.2. The third kappa shape index (κ3) is 5.43. The molecule has 0 bridgehead atoms. The fourth-order valence-electron chi connectivity index (χ4n) is 4.48. The Morgan fingerprint density at radius 1 is 1.17 bits per heavy atom. The molecule has 3 aromatic heterocycles. The molecule has 5 rings (SSSR count). The predicted molar refractivity (Wildman–Crippen MR) is 138 cm³/mol. The molecule has 0 unspecified atom stereocenters. The first-order valence-corrected chi connectivity index (χ1v) is 11.7.